The summed E-state index contributed by atoms with van der Waals surface area (Å²) < 4.78 is 5.55. The van der Waals surface area contributed by atoms with E-state index in [-0.39, 0.29) is 17.7 Å². The first-order valence-electron chi connectivity index (χ1n) is 15.1. The topological polar surface area (TPSA) is 177 Å². The Morgan fingerprint density at radius 3 is 2.00 bits per heavy atom. The van der Waals surface area contributed by atoms with E-state index >= 15 is 0 Å². The Balaban J connectivity index is 2.32. The van der Waals surface area contributed by atoms with E-state index in [0.717, 1.165) is 32.1 Å². The third-order valence-corrected chi connectivity index (χ3v) is 8.05. The Morgan fingerprint density at radius 1 is 0.905 bits per heavy atom. The molecule has 2 fully saturated rings. The number of nitrogens with one attached hydrogen (secondary N) is 3. The molecule has 0 bridgehead atoms. The molecule has 0 aromatic rings. The van der Waals surface area contributed by atoms with Crippen LogP contribution in [0.2, 0.25) is 0 Å². The molecule has 5 N–H and O–H groups in total. The molecule has 0 spiro atoms. The average molecular weight is 594 g/mol. The predicted octanol–water partition coefficient (Wildman–Crippen LogP) is 2.18. The fourth-order valence-electron chi connectivity index (χ4n) is 5.80. The summed E-state index contributed by atoms with van der Waals surface area (Å²) >= 11 is 0. The Hall–Kier alpha value is -3.18. The van der Waals surface area contributed by atoms with Crippen LogP contribution >= 0.6 is 0 Å². The van der Waals surface area contributed by atoms with E-state index in [4.69, 9.17) is 10.5 Å². The third kappa shape index (κ3) is 9.42. The van der Waals surface area contributed by atoms with Crippen LogP contribution in [0.15, 0.2) is 0 Å². The highest BCUT2D eigenvalue weighted by molar-refractivity contribution is 6.37. The number of nitrogens with zero attached hydrogens (tertiary/aromatic N) is 1. The summed E-state index contributed by atoms with van der Waals surface area (Å²) in [6.07, 6.45) is 5.52. The van der Waals surface area contributed by atoms with Crippen LogP contribution in [0.5, 0.6) is 0 Å². The number of Topliss-reactive ketones (excluding diaryl/α,β-unsaturated/α-hetero) is 1. The Bertz CT molecular complexity index is 1030. The number of likely N-dealkylation sites (tertiary alicyclic amines) is 1. The normalized spacial score (nSPS) is 22.0. The van der Waals surface area contributed by atoms with E-state index in [1.165, 1.54) is 11.8 Å². The molecule has 42 heavy (non-hydrogen) atoms. The molecular weight excluding hydrogens is 542 g/mol. The molecule has 12 nitrogen and oxygen atoms in total. The minimum Gasteiger partial charge on any atom is -0.458 e. The summed E-state index contributed by atoms with van der Waals surface area (Å²) in [6.45, 7) is 14.3. The molecule has 1 saturated heterocycles. The second-order valence-electron chi connectivity index (χ2n) is 13.7. The van der Waals surface area contributed by atoms with Gasteiger partial charge in [0.25, 0.3) is 5.91 Å². The van der Waals surface area contributed by atoms with Gasteiger partial charge in [-0.15, -0.1) is 0 Å². The predicted molar refractivity (Wildman–Crippen MR) is 157 cm³/mol. The van der Waals surface area contributed by atoms with Gasteiger partial charge in [0.15, 0.2) is 0 Å². The monoisotopic (exact) mass is 593 g/mol. The van der Waals surface area contributed by atoms with E-state index in [1.54, 1.807) is 20.8 Å². The summed E-state index contributed by atoms with van der Waals surface area (Å²) in [5.41, 5.74) is 3.67. The molecule has 1 heterocycles. The van der Waals surface area contributed by atoms with Crippen molar-refractivity contribution in [1.82, 2.24) is 20.9 Å². The van der Waals surface area contributed by atoms with Crippen LogP contribution in [0.4, 0.5) is 4.79 Å². The summed E-state index contributed by atoms with van der Waals surface area (Å²) in [6, 6.07) is -4.56. The molecule has 0 aromatic carbocycles. The van der Waals surface area contributed by atoms with Crippen molar-refractivity contribution in [2.45, 2.75) is 130 Å². The second-order valence-corrected chi connectivity index (χ2v) is 13.7. The van der Waals surface area contributed by atoms with Gasteiger partial charge < -0.3 is 31.3 Å². The molecule has 1 aliphatic heterocycles. The van der Waals surface area contributed by atoms with Crippen LogP contribution in [0.25, 0.3) is 0 Å². The van der Waals surface area contributed by atoms with Crippen molar-refractivity contribution >= 4 is 35.5 Å². The van der Waals surface area contributed by atoms with Crippen molar-refractivity contribution in [3.63, 3.8) is 0 Å². The maximum atomic E-state index is 14.2. The number of esters is 1. The number of carbonyl (C=O) groups is 6. The number of amides is 5. The van der Waals surface area contributed by atoms with Gasteiger partial charge >= 0.3 is 12.0 Å². The average Bonchev–Trinajstić information content (AvgIpc) is 3.32. The van der Waals surface area contributed by atoms with E-state index in [1.807, 2.05) is 27.7 Å². The first-order chi connectivity index (χ1) is 19.4. The van der Waals surface area contributed by atoms with E-state index in [2.05, 4.69) is 16.0 Å². The summed E-state index contributed by atoms with van der Waals surface area (Å²) in [4.78, 5) is 78.8. The van der Waals surface area contributed by atoms with Gasteiger partial charge in [0.05, 0.1) is 6.04 Å². The summed E-state index contributed by atoms with van der Waals surface area (Å²) in [7, 11) is 0. The molecule has 0 aromatic heterocycles. The van der Waals surface area contributed by atoms with Crippen molar-refractivity contribution in [2.75, 3.05) is 6.54 Å². The van der Waals surface area contributed by atoms with Crippen LogP contribution in [-0.4, -0.2) is 76.7 Å². The lowest BCUT2D eigenvalue weighted by Gasteiger charge is -2.36. The molecule has 5 atom stereocenters. The molecule has 1 saturated carbocycles. The fourth-order valence-corrected chi connectivity index (χ4v) is 5.80. The highest BCUT2D eigenvalue weighted by Crippen LogP contribution is 2.32. The zero-order valence-electron chi connectivity index (χ0n) is 26.5. The molecule has 5 amide bonds. The van der Waals surface area contributed by atoms with Gasteiger partial charge in [-0.05, 0) is 64.2 Å². The molecule has 4 unspecified atom stereocenters. The quantitative estimate of drug-likeness (QED) is 0.222. The Labute approximate surface area is 249 Å². The lowest BCUT2D eigenvalue weighted by Crippen LogP contribution is -2.61. The Morgan fingerprint density at radius 2 is 1.50 bits per heavy atom. The maximum Gasteiger partial charge on any atom is 0.329 e. The van der Waals surface area contributed by atoms with Gasteiger partial charge in [0.2, 0.25) is 17.6 Å². The third-order valence-electron chi connectivity index (χ3n) is 8.05. The van der Waals surface area contributed by atoms with Crippen LogP contribution < -0.4 is 21.7 Å². The molecule has 2 aliphatic rings. The van der Waals surface area contributed by atoms with Crippen LogP contribution in [-0.2, 0) is 28.7 Å². The van der Waals surface area contributed by atoms with E-state index in [0.29, 0.717) is 19.4 Å². The van der Waals surface area contributed by atoms with Crippen molar-refractivity contribution in [3.05, 3.63) is 0 Å². The highest BCUT2D eigenvalue weighted by Gasteiger charge is 2.46. The summed E-state index contributed by atoms with van der Waals surface area (Å²) in [5, 5.41) is 8.15. The highest BCUT2D eigenvalue weighted by atomic mass is 16.6. The number of ether oxygens (including phenoxy) is 1. The van der Waals surface area contributed by atoms with E-state index < -0.39 is 64.8 Å². The Kier molecular flexibility index (Phi) is 11.9. The minimum atomic E-state index is -1.15. The number of nitrogens with two attached hydrogens (primary N) is 1. The largest absolute Gasteiger partial charge is 0.458 e. The van der Waals surface area contributed by atoms with E-state index in [9.17, 15) is 28.8 Å². The molecule has 238 valence electrons. The summed E-state index contributed by atoms with van der Waals surface area (Å²) in [5.74, 6) is -3.89. The van der Waals surface area contributed by atoms with Gasteiger partial charge in [0, 0.05) is 6.54 Å². The number of urea groups is 1. The van der Waals surface area contributed by atoms with Gasteiger partial charge in [0.1, 0.15) is 23.7 Å². The maximum absolute atomic E-state index is 14.2. The fraction of sp³-hybridized carbons (Fsp3) is 0.800. The molecule has 1 aliphatic carbocycles. The molecule has 0 radical (unpaired) electrons. The zero-order valence-corrected chi connectivity index (χ0v) is 26.5. The van der Waals surface area contributed by atoms with Gasteiger partial charge in [-0.1, -0.05) is 53.4 Å². The lowest BCUT2D eigenvalue weighted by molar-refractivity contribution is -0.160. The van der Waals surface area contributed by atoms with Gasteiger partial charge in [-0.25, -0.2) is 9.59 Å². The molecule has 2 rings (SSSR count). The van der Waals surface area contributed by atoms with Crippen LogP contribution in [0.3, 0.4) is 0 Å². The van der Waals surface area contributed by atoms with Gasteiger partial charge in [-0.2, -0.15) is 0 Å². The first-order valence-corrected chi connectivity index (χ1v) is 15.1. The van der Waals surface area contributed by atoms with Crippen molar-refractivity contribution in [2.24, 2.45) is 23.0 Å². The standard InChI is InChI=1S/C30H51N5O7/c1-9-18-15-16-35(21(18)25(38)32-17(2)22(36)24(31)37)26(39)20(19-13-11-10-12-14-19)33-28(41)34-23(29(3,4)5)27(40)42-30(6,7)8/h17-21,23H,9-16H2,1-8H3,(H2,31,37)(H,32,38)(H2,33,34,41)/t17?,18?,20?,21-,23?/m0/s1. The number of hydrogen-bond donors (Lipinski definition) is 4. The zero-order chi connectivity index (χ0) is 32.0. The van der Waals surface area contributed by atoms with Gasteiger partial charge in [-0.3, -0.25) is 19.2 Å². The number of primary amides is 1. The second kappa shape index (κ2) is 14.3. The van der Waals surface area contributed by atoms with Crippen molar-refractivity contribution in [3.8, 4) is 0 Å². The van der Waals surface area contributed by atoms with Crippen LogP contribution in [0, 0.1) is 17.3 Å². The molecular formula is C30H51N5O7. The number of hydrogen-bond acceptors (Lipinski definition) is 7. The number of rotatable bonds is 10. The molecule has 12 heteroatoms. The number of carbonyl (C=O) groups excluding carboxylic acids is 6. The SMILES string of the molecule is CCC1CCN(C(=O)C(NC(=O)NC(C(=O)OC(C)(C)C)C(C)(C)C)C2CCCCC2)[C@@H]1C(=O)NC(C)C(=O)C(N)=O. The van der Waals surface area contributed by atoms with Crippen molar-refractivity contribution < 1.29 is 33.5 Å². The first kappa shape index (κ1) is 35.0. The smallest absolute Gasteiger partial charge is 0.329 e. The van der Waals surface area contributed by atoms with Crippen LogP contribution in [0.1, 0.15) is 100 Å². The number of ketones is 1. The van der Waals surface area contributed by atoms with Crippen molar-refractivity contribution in [1.29, 1.82) is 0 Å². The minimum absolute atomic E-state index is 0.147. The lowest BCUT2D eigenvalue weighted by atomic mass is 9.83.